The van der Waals surface area contributed by atoms with E-state index in [9.17, 15) is 13.2 Å². The summed E-state index contributed by atoms with van der Waals surface area (Å²) in [6.07, 6.45) is -3.17. The minimum Gasteiger partial charge on any atom is -0.472 e. The van der Waals surface area contributed by atoms with Crippen LogP contribution in [0.4, 0.5) is 19.0 Å². The molecule has 2 aromatic heterocycles. The monoisotopic (exact) mass is 446 g/mol. The molecule has 4 rings (SSSR count). The van der Waals surface area contributed by atoms with Crippen molar-refractivity contribution in [2.24, 2.45) is 0 Å². The largest absolute Gasteiger partial charge is 0.472 e. The Bertz CT molecular complexity index is 1120. The molecule has 1 unspecified atom stereocenters. The zero-order chi connectivity index (χ0) is 22.9. The molecule has 1 aromatic carbocycles. The lowest BCUT2D eigenvalue weighted by atomic mass is 9.88. The molecule has 170 valence electrons. The zero-order valence-corrected chi connectivity index (χ0v) is 18.2. The van der Waals surface area contributed by atoms with Crippen molar-refractivity contribution in [3.63, 3.8) is 0 Å². The highest BCUT2D eigenvalue weighted by Crippen LogP contribution is 2.36. The number of pyridine rings is 1. The number of aryl methyl sites for hydroxylation is 1. The first-order valence-corrected chi connectivity index (χ1v) is 10.5. The fraction of sp³-hybridized carbons (Fsp3) is 0.435. The molecule has 32 heavy (non-hydrogen) atoms. The maximum absolute atomic E-state index is 13.3. The van der Waals surface area contributed by atoms with Gasteiger partial charge in [0.25, 0.3) is 0 Å². The molecule has 1 N–H and O–H groups in total. The molecule has 3 heterocycles. The Morgan fingerprint density at radius 1 is 1.16 bits per heavy atom. The molecule has 3 aromatic rings. The first-order chi connectivity index (χ1) is 15.2. The van der Waals surface area contributed by atoms with Crippen LogP contribution in [0.2, 0.25) is 0 Å². The number of anilines is 1. The van der Waals surface area contributed by atoms with E-state index in [0.29, 0.717) is 48.1 Å². The normalized spacial score (nSPS) is 18.5. The minimum atomic E-state index is -4.42. The van der Waals surface area contributed by atoms with E-state index in [4.69, 9.17) is 9.47 Å². The van der Waals surface area contributed by atoms with Gasteiger partial charge in [-0.1, -0.05) is 19.1 Å². The average Bonchev–Trinajstić information content (AvgIpc) is 3.28. The summed E-state index contributed by atoms with van der Waals surface area (Å²) in [4.78, 5) is 4.65. The maximum atomic E-state index is 13.3. The van der Waals surface area contributed by atoms with Crippen molar-refractivity contribution in [2.75, 3.05) is 18.5 Å². The van der Waals surface area contributed by atoms with E-state index >= 15 is 0 Å². The van der Waals surface area contributed by atoms with Gasteiger partial charge in [0.2, 0.25) is 5.88 Å². The van der Waals surface area contributed by atoms with Gasteiger partial charge in [-0.05, 0) is 44.0 Å². The number of hydrogen-bond donors (Lipinski definition) is 1. The van der Waals surface area contributed by atoms with Crippen molar-refractivity contribution in [3.8, 4) is 5.88 Å². The van der Waals surface area contributed by atoms with Gasteiger partial charge in [-0.25, -0.2) is 4.98 Å². The molecule has 0 aliphatic carbocycles. The third-order valence-corrected chi connectivity index (χ3v) is 5.89. The summed E-state index contributed by atoms with van der Waals surface area (Å²) in [6.45, 7) is 6.74. The van der Waals surface area contributed by atoms with Crippen LogP contribution in [0.3, 0.4) is 0 Å². The van der Waals surface area contributed by atoms with Crippen LogP contribution in [-0.4, -0.2) is 34.5 Å². The topological polar surface area (TPSA) is 69.2 Å². The van der Waals surface area contributed by atoms with Gasteiger partial charge in [-0.3, -0.25) is 0 Å². The second-order valence-electron chi connectivity index (χ2n) is 8.17. The van der Waals surface area contributed by atoms with E-state index in [1.165, 1.54) is 12.1 Å². The van der Waals surface area contributed by atoms with Gasteiger partial charge in [0.15, 0.2) is 5.82 Å². The Morgan fingerprint density at radius 3 is 2.62 bits per heavy atom. The molecule has 0 radical (unpaired) electrons. The fourth-order valence-electron chi connectivity index (χ4n) is 3.73. The molecule has 0 amide bonds. The molecule has 1 aliphatic heterocycles. The SMILES string of the molecule is CCC(C)(Nc1nnc(C)c2ccc(O[C@H]3CCOC3)nc12)c1cccc(C(F)(F)F)c1. The first-order valence-electron chi connectivity index (χ1n) is 10.5. The van der Waals surface area contributed by atoms with Crippen molar-refractivity contribution < 1.29 is 22.6 Å². The number of fused-ring (bicyclic) bond motifs is 1. The predicted octanol–water partition coefficient (Wildman–Crippen LogP) is 5.26. The molecular formula is C23H25F3N4O2. The molecule has 6 nitrogen and oxygen atoms in total. The van der Waals surface area contributed by atoms with Gasteiger partial charge in [0.05, 0.1) is 30.0 Å². The van der Waals surface area contributed by atoms with Crippen molar-refractivity contribution in [3.05, 3.63) is 53.2 Å². The fourth-order valence-corrected chi connectivity index (χ4v) is 3.73. The van der Waals surface area contributed by atoms with E-state index in [2.05, 4.69) is 20.5 Å². The Kier molecular flexibility index (Phi) is 5.94. The predicted molar refractivity (Wildman–Crippen MR) is 115 cm³/mol. The molecule has 9 heteroatoms. The van der Waals surface area contributed by atoms with Crippen LogP contribution in [0, 0.1) is 6.92 Å². The summed E-state index contributed by atoms with van der Waals surface area (Å²) in [5, 5.41) is 12.6. The highest BCUT2D eigenvalue weighted by atomic mass is 19.4. The molecule has 2 atom stereocenters. The van der Waals surface area contributed by atoms with Gasteiger partial charge in [0.1, 0.15) is 11.6 Å². The van der Waals surface area contributed by atoms with Gasteiger partial charge in [0, 0.05) is 17.9 Å². The quantitative estimate of drug-likeness (QED) is 0.557. The second kappa shape index (κ2) is 8.54. The molecule has 1 fully saturated rings. The van der Waals surface area contributed by atoms with Crippen LogP contribution >= 0.6 is 0 Å². The molecule has 0 saturated carbocycles. The van der Waals surface area contributed by atoms with Gasteiger partial charge >= 0.3 is 6.18 Å². The summed E-state index contributed by atoms with van der Waals surface area (Å²) in [5.41, 5.74) is 0.243. The van der Waals surface area contributed by atoms with Crippen LogP contribution in [-0.2, 0) is 16.5 Å². The van der Waals surface area contributed by atoms with E-state index in [1.807, 2.05) is 26.8 Å². The Hall–Kier alpha value is -2.94. The standard InChI is InChI=1S/C23H25F3N4O2/c1-4-22(3,15-6-5-7-16(12-15)23(24,25)26)28-21-20-18(14(2)29-30-21)8-9-19(27-20)32-17-10-11-31-13-17/h5-9,12,17H,4,10-11,13H2,1-3H3,(H,28,30)/t17-,22?/m0/s1. The number of ether oxygens (including phenoxy) is 2. The van der Waals surface area contributed by atoms with E-state index in [-0.39, 0.29) is 6.10 Å². The number of nitrogens with zero attached hydrogens (tertiary/aromatic N) is 3. The van der Waals surface area contributed by atoms with Gasteiger partial charge in [-0.2, -0.15) is 18.3 Å². The molecule has 0 bridgehead atoms. The van der Waals surface area contributed by atoms with Crippen LogP contribution in [0.25, 0.3) is 10.9 Å². The van der Waals surface area contributed by atoms with Gasteiger partial charge < -0.3 is 14.8 Å². The molecular weight excluding hydrogens is 421 g/mol. The van der Waals surface area contributed by atoms with Gasteiger partial charge in [-0.15, -0.1) is 5.10 Å². The number of rotatable bonds is 6. The van der Waals surface area contributed by atoms with Crippen molar-refractivity contribution in [1.82, 2.24) is 15.2 Å². The lowest BCUT2D eigenvalue weighted by Gasteiger charge is -2.31. The second-order valence-corrected chi connectivity index (χ2v) is 8.17. The number of nitrogens with one attached hydrogen (secondary N) is 1. The van der Waals surface area contributed by atoms with Crippen molar-refractivity contribution >= 4 is 16.7 Å². The Labute approximate surface area is 184 Å². The smallest absolute Gasteiger partial charge is 0.416 e. The van der Waals surface area contributed by atoms with Crippen LogP contribution < -0.4 is 10.1 Å². The lowest BCUT2D eigenvalue weighted by Crippen LogP contribution is -2.32. The maximum Gasteiger partial charge on any atom is 0.416 e. The molecule has 1 aliphatic rings. The van der Waals surface area contributed by atoms with E-state index < -0.39 is 17.3 Å². The summed E-state index contributed by atoms with van der Waals surface area (Å²) in [7, 11) is 0. The van der Waals surface area contributed by atoms with Crippen LogP contribution in [0.15, 0.2) is 36.4 Å². The van der Waals surface area contributed by atoms with Crippen molar-refractivity contribution in [2.45, 2.75) is 51.4 Å². The number of alkyl halides is 3. The van der Waals surface area contributed by atoms with Crippen molar-refractivity contribution in [1.29, 1.82) is 0 Å². The highest BCUT2D eigenvalue weighted by Gasteiger charge is 2.33. The molecule has 1 saturated heterocycles. The molecule has 0 spiro atoms. The summed E-state index contributed by atoms with van der Waals surface area (Å²) in [5.74, 6) is 0.834. The Balaban J connectivity index is 1.72. The van der Waals surface area contributed by atoms with Crippen LogP contribution in [0.1, 0.15) is 43.5 Å². The number of benzene rings is 1. The third-order valence-electron chi connectivity index (χ3n) is 5.89. The summed E-state index contributed by atoms with van der Waals surface area (Å²) in [6, 6.07) is 8.99. The first kappa shape index (κ1) is 22.3. The number of aromatic nitrogens is 3. The summed E-state index contributed by atoms with van der Waals surface area (Å²) < 4.78 is 51.1. The van der Waals surface area contributed by atoms with E-state index in [0.717, 1.165) is 17.9 Å². The van der Waals surface area contributed by atoms with E-state index in [1.54, 1.807) is 12.1 Å². The van der Waals surface area contributed by atoms with Crippen LogP contribution in [0.5, 0.6) is 5.88 Å². The highest BCUT2D eigenvalue weighted by molar-refractivity contribution is 5.90. The average molecular weight is 446 g/mol. The summed E-state index contributed by atoms with van der Waals surface area (Å²) >= 11 is 0. The lowest BCUT2D eigenvalue weighted by molar-refractivity contribution is -0.137. The zero-order valence-electron chi connectivity index (χ0n) is 18.2. The Morgan fingerprint density at radius 2 is 1.94 bits per heavy atom. The third kappa shape index (κ3) is 4.48. The number of halogens is 3. The number of hydrogen-bond acceptors (Lipinski definition) is 6. The minimum absolute atomic E-state index is 0.0572.